The van der Waals surface area contributed by atoms with Crippen LogP contribution < -0.4 is 0 Å². The van der Waals surface area contributed by atoms with E-state index in [4.69, 9.17) is 0 Å². The third-order valence-electron chi connectivity index (χ3n) is 6.69. The maximum absolute atomic E-state index is 2.65. The molecule has 0 bridgehead atoms. The van der Waals surface area contributed by atoms with Crippen LogP contribution in [-0.4, -0.2) is 0 Å². The van der Waals surface area contributed by atoms with E-state index in [1.165, 1.54) is 77.0 Å². The molecule has 2 aliphatic carbocycles. The Labute approximate surface area is 115 Å². The van der Waals surface area contributed by atoms with E-state index < -0.39 is 0 Å². The molecule has 0 nitrogen and oxygen atoms in total. The van der Waals surface area contributed by atoms with Crippen molar-refractivity contribution in [3.63, 3.8) is 0 Å². The van der Waals surface area contributed by atoms with E-state index in [-0.39, 0.29) is 0 Å². The Balaban J connectivity index is 2.20. The van der Waals surface area contributed by atoms with Gasteiger partial charge in [0.25, 0.3) is 0 Å². The third-order valence-corrected chi connectivity index (χ3v) is 6.69. The second-order valence-electron chi connectivity index (χ2n) is 7.48. The minimum atomic E-state index is 0.664. The second kappa shape index (κ2) is 5.97. The van der Waals surface area contributed by atoms with Gasteiger partial charge in [0.1, 0.15) is 0 Å². The number of rotatable bonds is 3. The molecule has 0 aliphatic heterocycles. The molecule has 0 saturated heterocycles. The summed E-state index contributed by atoms with van der Waals surface area (Å²) in [6.07, 6.45) is 17.9. The predicted octanol–water partition coefficient (Wildman–Crippen LogP) is 6.34. The summed E-state index contributed by atoms with van der Waals surface area (Å²) in [5.41, 5.74) is 1.35. The molecule has 0 aromatic heterocycles. The normalized spacial score (nSPS) is 37.2. The van der Waals surface area contributed by atoms with Crippen LogP contribution >= 0.6 is 0 Å². The Bertz CT molecular complexity index is 249. The van der Waals surface area contributed by atoms with Crippen molar-refractivity contribution in [2.24, 2.45) is 16.7 Å². The molecule has 2 atom stereocenters. The van der Waals surface area contributed by atoms with Crippen LogP contribution in [0.4, 0.5) is 0 Å². The lowest BCUT2D eigenvalue weighted by molar-refractivity contribution is -0.0159. The fourth-order valence-electron chi connectivity index (χ4n) is 5.16. The predicted molar refractivity (Wildman–Crippen MR) is 80.8 cm³/mol. The minimum absolute atomic E-state index is 0.664. The van der Waals surface area contributed by atoms with Gasteiger partial charge in [0.05, 0.1) is 0 Å². The van der Waals surface area contributed by atoms with Crippen molar-refractivity contribution in [3.8, 4) is 0 Å². The first kappa shape index (κ1) is 14.4. The van der Waals surface area contributed by atoms with Crippen LogP contribution in [0.25, 0.3) is 0 Å². The van der Waals surface area contributed by atoms with Crippen LogP contribution in [0.3, 0.4) is 0 Å². The van der Waals surface area contributed by atoms with Crippen molar-refractivity contribution >= 4 is 0 Å². The van der Waals surface area contributed by atoms with Gasteiger partial charge in [-0.2, -0.15) is 0 Å². The highest BCUT2D eigenvalue weighted by atomic mass is 14.5. The van der Waals surface area contributed by atoms with Crippen LogP contribution in [0.1, 0.15) is 97.8 Å². The fraction of sp³-hybridized carbons (Fsp3) is 1.00. The molecule has 2 saturated carbocycles. The van der Waals surface area contributed by atoms with Gasteiger partial charge in [0.2, 0.25) is 0 Å². The molecule has 0 heterocycles. The summed E-state index contributed by atoms with van der Waals surface area (Å²) in [5, 5.41) is 0. The average molecular weight is 250 g/mol. The van der Waals surface area contributed by atoms with Crippen molar-refractivity contribution in [2.45, 2.75) is 97.8 Å². The lowest BCUT2D eigenvalue weighted by Gasteiger charge is -2.52. The summed E-state index contributed by atoms with van der Waals surface area (Å²) in [6, 6.07) is 0. The Morgan fingerprint density at radius 3 is 2.17 bits per heavy atom. The largest absolute Gasteiger partial charge is 0.0651 e. The first-order valence-corrected chi connectivity index (χ1v) is 8.66. The number of hydrogen-bond acceptors (Lipinski definition) is 0. The zero-order valence-electron chi connectivity index (χ0n) is 13.1. The van der Waals surface area contributed by atoms with Gasteiger partial charge in [-0.25, -0.2) is 0 Å². The summed E-state index contributed by atoms with van der Waals surface area (Å²) in [6.45, 7) is 7.55. The maximum Gasteiger partial charge on any atom is -0.0244 e. The lowest BCUT2D eigenvalue weighted by Crippen LogP contribution is -2.42. The topological polar surface area (TPSA) is 0 Å². The molecule has 18 heavy (non-hydrogen) atoms. The van der Waals surface area contributed by atoms with Crippen LogP contribution in [0.15, 0.2) is 0 Å². The van der Waals surface area contributed by atoms with Crippen molar-refractivity contribution in [1.82, 2.24) is 0 Å². The highest BCUT2D eigenvalue weighted by Crippen LogP contribution is 2.58. The monoisotopic (exact) mass is 250 g/mol. The van der Waals surface area contributed by atoms with Crippen molar-refractivity contribution in [3.05, 3.63) is 0 Å². The quantitative estimate of drug-likeness (QED) is 0.512. The van der Waals surface area contributed by atoms with Crippen molar-refractivity contribution < 1.29 is 0 Å². The zero-order valence-corrected chi connectivity index (χ0v) is 13.1. The summed E-state index contributed by atoms with van der Waals surface area (Å²) in [4.78, 5) is 0. The molecule has 2 aliphatic rings. The molecule has 2 unspecified atom stereocenters. The molecule has 0 N–H and O–H groups in total. The molecule has 0 heteroatoms. The first-order chi connectivity index (χ1) is 8.66. The van der Waals surface area contributed by atoms with Crippen molar-refractivity contribution in [2.75, 3.05) is 0 Å². The highest BCUT2D eigenvalue weighted by Gasteiger charge is 2.47. The maximum atomic E-state index is 2.65. The van der Waals surface area contributed by atoms with E-state index >= 15 is 0 Å². The summed E-state index contributed by atoms with van der Waals surface area (Å²) >= 11 is 0. The lowest BCUT2D eigenvalue weighted by atomic mass is 9.53. The molecular weight excluding hydrogens is 216 g/mol. The number of hydrogen-bond donors (Lipinski definition) is 0. The third kappa shape index (κ3) is 2.63. The highest BCUT2D eigenvalue weighted by molar-refractivity contribution is 4.98. The zero-order chi connectivity index (χ0) is 13.1. The first-order valence-electron chi connectivity index (χ1n) is 8.66. The molecule has 0 spiro atoms. The van der Waals surface area contributed by atoms with E-state index in [1.54, 1.807) is 0 Å². The Hall–Kier alpha value is 0. The van der Waals surface area contributed by atoms with Gasteiger partial charge in [-0.15, -0.1) is 0 Å². The summed E-state index contributed by atoms with van der Waals surface area (Å²) in [5.74, 6) is 1.02. The van der Waals surface area contributed by atoms with Crippen LogP contribution in [0.2, 0.25) is 0 Å². The Kier molecular flexibility index (Phi) is 4.78. The molecule has 0 radical (unpaired) electrons. The van der Waals surface area contributed by atoms with Crippen LogP contribution in [0.5, 0.6) is 0 Å². The van der Waals surface area contributed by atoms with Gasteiger partial charge in [-0.05, 0) is 48.9 Å². The molecular formula is C18H34. The van der Waals surface area contributed by atoms with Gasteiger partial charge in [0, 0.05) is 0 Å². The molecule has 2 fully saturated rings. The van der Waals surface area contributed by atoms with E-state index in [0.717, 1.165) is 5.92 Å². The SMILES string of the molecule is CCC1CCCCC(CC)(C2(C)CCCCC2)C1. The summed E-state index contributed by atoms with van der Waals surface area (Å²) < 4.78 is 0. The van der Waals surface area contributed by atoms with Gasteiger partial charge in [-0.3, -0.25) is 0 Å². The Morgan fingerprint density at radius 2 is 1.56 bits per heavy atom. The van der Waals surface area contributed by atoms with Gasteiger partial charge in [-0.1, -0.05) is 65.7 Å². The van der Waals surface area contributed by atoms with Crippen LogP contribution in [0, 0.1) is 16.7 Å². The van der Waals surface area contributed by atoms with Gasteiger partial charge in [0.15, 0.2) is 0 Å². The fourth-order valence-corrected chi connectivity index (χ4v) is 5.16. The average Bonchev–Trinajstić information content (AvgIpc) is 2.63. The minimum Gasteiger partial charge on any atom is -0.0651 e. The molecule has 0 amide bonds. The second-order valence-corrected chi connectivity index (χ2v) is 7.48. The molecule has 0 aromatic carbocycles. The van der Waals surface area contributed by atoms with E-state index in [0.29, 0.717) is 10.8 Å². The van der Waals surface area contributed by atoms with Gasteiger partial charge < -0.3 is 0 Å². The molecule has 106 valence electrons. The van der Waals surface area contributed by atoms with Gasteiger partial charge >= 0.3 is 0 Å². The molecule has 0 aromatic rings. The Morgan fingerprint density at radius 1 is 0.889 bits per heavy atom. The standard InChI is InChI=1S/C18H34/c1-4-16-11-7-10-14-18(5-2,15-16)17(3)12-8-6-9-13-17/h16H,4-15H2,1-3H3. The summed E-state index contributed by atoms with van der Waals surface area (Å²) in [7, 11) is 0. The van der Waals surface area contributed by atoms with E-state index in [2.05, 4.69) is 20.8 Å². The van der Waals surface area contributed by atoms with Crippen LogP contribution in [-0.2, 0) is 0 Å². The smallest absolute Gasteiger partial charge is 0.0244 e. The molecule has 2 rings (SSSR count). The van der Waals surface area contributed by atoms with E-state index in [1.807, 2.05) is 0 Å². The van der Waals surface area contributed by atoms with Crippen molar-refractivity contribution in [1.29, 1.82) is 0 Å². The van der Waals surface area contributed by atoms with E-state index in [9.17, 15) is 0 Å².